The molecular weight excluding hydrogens is 388 g/mol. The van der Waals surface area contributed by atoms with Crippen LogP contribution in [0, 0.1) is 0 Å². The Morgan fingerprint density at radius 3 is 2.10 bits per heavy atom. The van der Waals surface area contributed by atoms with E-state index in [0.717, 1.165) is 16.8 Å². The highest BCUT2D eigenvalue weighted by atomic mass is 32.2. The Bertz CT molecular complexity index is 1050. The first-order valence-corrected chi connectivity index (χ1v) is 10.8. The molecule has 0 saturated carbocycles. The second-order valence-corrected chi connectivity index (χ2v) is 8.65. The molecule has 29 heavy (non-hydrogen) atoms. The molecule has 0 N–H and O–H groups in total. The number of aromatic nitrogens is 2. The van der Waals surface area contributed by atoms with Crippen molar-refractivity contribution in [2.24, 2.45) is 0 Å². The fourth-order valence-corrected chi connectivity index (χ4v) is 4.80. The van der Waals surface area contributed by atoms with Crippen LogP contribution >= 0.6 is 0 Å². The van der Waals surface area contributed by atoms with Gasteiger partial charge >= 0.3 is 0 Å². The number of sulfonamides is 1. The van der Waals surface area contributed by atoms with Crippen LogP contribution in [0.15, 0.2) is 72.0 Å². The lowest BCUT2D eigenvalue weighted by atomic mass is 10.1. The summed E-state index contributed by atoms with van der Waals surface area (Å²) in [7, 11) is -1.94. The van der Waals surface area contributed by atoms with Crippen molar-refractivity contribution in [2.45, 2.75) is 4.90 Å². The number of hydrogen-bond acceptors (Lipinski definition) is 6. The van der Waals surface area contributed by atoms with Gasteiger partial charge in [-0.25, -0.2) is 13.4 Å². The molecule has 7 nitrogen and oxygen atoms in total. The molecule has 0 spiro atoms. The summed E-state index contributed by atoms with van der Waals surface area (Å²) in [5, 5.41) is 0. The Hall–Kier alpha value is -2.97. The largest absolute Gasteiger partial charge is 0.481 e. The average Bonchev–Trinajstić information content (AvgIpc) is 2.80. The van der Waals surface area contributed by atoms with Crippen LogP contribution in [0.25, 0.3) is 11.1 Å². The lowest BCUT2D eigenvalue weighted by Gasteiger charge is -2.35. The second kappa shape index (κ2) is 8.18. The van der Waals surface area contributed by atoms with Gasteiger partial charge in [-0.2, -0.15) is 4.31 Å². The van der Waals surface area contributed by atoms with Crippen molar-refractivity contribution in [1.82, 2.24) is 14.3 Å². The van der Waals surface area contributed by atoms with Crippen molar-refractivity contribution in [1.29, 1.82) is 0 Å². The maximum absolute atomic E-state index is 13.0. The molecule has 0 amide bonds. The van der Waals surface area contributed by atoms with E-state index in [4.69, 9.17) is 4.74 Å². The molecule has 1 aliphatic rings. The normalized spacial score (nSPS) is 15.3. The summed E-state index contributed by atoms with van der Waals surface area (Å²) in [4.78, 5) is 10.7. The highest BCUT2D eigenvalue weighted by Gasteiger charge is 2.28. The van der Waals surface area contributed by atoms with Gasteiger partial charge in [-0.3, -0.25) is 4.98 Å². The van der Waals surface area contributed by atoms with Crippen LogP contribution in [0.2, 0.25) is 0 Å². The van der Waals surface area contributed by atoms with Gasteiger partial charge in [0.05, 0.1) is 23.9 Å². The smallest absolute Gasteiger partial charge is 0.243 e. The summed E-state index contributed by atoms with van der Waals surface area (Å²) in [5.41, 5.74) is 2.93. The van der Waals surface area contributed by atoms with Gasteiger partial charge in [0.1, 0.15) is 0 Å². The number of rotatable bonds is 5. The molecule has 0 aliphatic carbocycles. The Balaban J connectivity index is 1.44. The molecule has 2 aromatic heterocycles. The van der Waals surface area contributed by atoms with Crippen molar-refractivity contribution in [3.05, 3.63) is 67.1 Å². The summed E-state index contributed by atoms with van der Waals surface area (Å²) in [5.74, 6) is 0.560. The summed E-state index contributed by atoms with van der Waals surface area (Å²) < 4.78 is 32.7. The molecule has 4 rings (SSSR count). The van der Waals surface area contributed by atoms with Gasteiger partial charge < -0.3 is 9.64 Å². The Kier molecular flexibility index (Phi) is 5.46. The predicted molar refractivity (Wildman–Crippen MR) is 111 cm³/mol. The summed E-state index contributed by atoms with van der Waals surface area (Å²) in [6, 6.07) is 14.6. The standard InChI is InChI=1S/C21H22N4O3S/c1-28-21-7-4-19(16-23-21)24-12-14-25(15-13-24)29(26,27)20-5-2-17(3-6-20)18-8-10-22-11-9-18/h2-11,16H,12-15H2,1H3. The minimum Gasteiger partial charge on any atom is -0.481 e. The number of anilines is 1. The van der Waals surface area contributed by atoms with E-state index in [2.05, 4.69) is 14.9 Å². The van der Waals surface area contributed by atoms with E-state index in [9.17, 15) is 8.42 Å². The molecule has 150 valence electrons. The first-order chi connectivity index (χ1) is 14.1. The maximum Gasteiger partial charge on any atom is 0.243 e. The number of hydrogen-bond donors (Lipinski definition) is 0. The fourth-order valence-electron chi connectivity index (χ4n) is 3.38. The number of piperazine rings is 1. The topological polar surface area (TPSA) is 75.6 Å². The van der Waals surface area contributed by atoms with E-state index in [0.29, 0.717) is 37.0 Å². The minimum absolute atomic E-state index is 0.315. The van der Waals surface area contributed by atoms with Crippen LogP contribution in [-0.2, 0) is 10.0 Å². The number of benzene rings is 1. The quantitative estimate of drug-likeness (QED) is 0.644. The van der Waals surface area contributed by atoms with Crippen molar-refractivity contribution < 1.29 is 13.2 Å². The molecule has 0 bridgehead atoms. The Morgan fingerprint density at radius 1 is 0.862 bits per heavy atom. The first kappa shape index (κ1) is 19.4. The van der Waals surface area contributed by atoms with Gasteiger partial charge in [0.25, 0.3) is 0 Å². The minimum atomic E-state index is -3.52. The van der Waals surface area contributed by atoms with Crippen LogP contribution in [-0.4, -0.2) is 56.0 Å². The molecule has 1 aliphatic heterocycles. The van der Waals surface area contributed by atoms with Gasteiger partial charge in [-0.05, 0) is 41.5 Å². The van der Waals surface area contributed by atoms with Crippen molar-refractivity contribution in [3.63, 3.8) is 0 Å². The van der Waals surface area contributed by atoms with Gasteiger partial charge in [0, 0.05) is 44.6 Å². The summed E-state index contributed by atoms with van der Waals surface area (Å²) >= 11 is 0. The SMILES string of the molecule is COc1ccc(N2CCN(S(=O)(=O)c3ccc(-c4ccncc4)cc3)CC2)cn1. The first-order valence-electron chi connectivity index (χ1n) is 9.33. The zero-order valence-corrected chi connectivity index (χ0v) is 16.9. The highest BCUT2D eigenvalue weighted by molar-refractivity contribution is 7.89. The van der Waals surface area contributed by atoms with E-state index in [1.165, 1.54) is 0 Å². The molecule has 3 heterocycles. The molecular formula is C21H22N4O3S. The van der Waals surface area contributed by atoms with Gasteiger partial charge in [-0.15, -0.1) is 0 Å². The van der Waals surface area contributed by atoms with Gasteiger partial charge in [0.2, 0.25) is 15.9 Å². The van der Waals surface area contributed by atoms with E-state index in [1.54, 1.807) is 42.1 Å². The highest BCUT2D eigenvalue weighted by Crippen LogP contribution is 2.24. The molecule has 1 saturated heterocycles. The fraction of sp³-hybridized carbons (Fsp3) is 0.238. The summed E-state index contributed by atoms with van der Waals surface area (Å²) in [6.45, 7) is 2.09. The van der Waals surface area contributed by atoms with Crippen LogP contribution in [0.3, 0.4) is 0 Å². The molecule has 0 radical (unpaired) electrons. The number of pyridine rings is 2. The Morgan fingerprint density at radius 2 is 1.52 bits per heavy atom. The average molecular weight is 410 g/mol. The molecule has 0 atom stereocenters. The third kappa shape index (κ3) is 4.08. The molecule has 1 fully saturated rings. The molecule has 3 aromatic rings. The van der Waals surface area contributed by atoms with E-state index in [-0.39, 0.29) is 0 Å². The summed E-state index contributed by atoms with van der Waals surface area (Å²) in [6.07, 6.45) is 5.19. The van der Waals surface area contributed by atoms with Crippen LogP contribution in [0.1, 0.15) is 0 Å². The molecule has 0 unspecified atom stereocenters. The van der Waals surface area contributed by atoms with Crippen LogP contribution in [0.4, 0.5) is 5.69 Å². The van der Waals surface area contributed by atoms with Gasteiger partial charge in [0.15, 0.2) is 0 Å². The second-order valence-electron chi connectivity index (χ2n) is 6.71. The van der Waals surface area contributed by atoms with Crippen molar-refractivity contribution in [3.8, 4) is 17.0 Å². The number of ether oxygens (including phenoxy) is 1. The van der Waals surface area contributed by atoms with E-state index in [1.807, 2.05) is 36.4 Å². The number of methoxy groups -OCH3 is 1. The number of nitrogens with zero attached hydrogens (tertiary/aromatic N) is 4. The van der Waals surface area contributed by atoms with E-state index < -0.39 is 10.0 Å². The predicted octanol–water partition coefficient (Wildman–Crippen LogP) is 2.66. The lowest BCUT2D eigenvalue weighted by Crippen LogP contribution is -2.48. The van der Waals surface area contributed by atoms with Crippen LogP contribution < -0.4 is 9.64 Å². The molecule has 8 heteroatoms. The monoisotopic (exact) mass is 410 g/mol. The van der Waals surface area contributed by atoms with Gasteiger partial charge in [-0.1, -0.05) is 12.1 Å². The third-order valence-corrected chi connectivity index (χ3v) is 6.95. The van der Waals surface area contributed by atoms with Crippen molar-refractivity contribution in [2.75, 3.05) is 38.2 Å². The maximum atomic E-state index is 13.0. The Labute approximate surface area is 170 Å². The molecule has 1 aromatic carbocycles. The zero-order valence-electron chi connectivity index (χ0n) is 16.1. The zero-order chi connectivity index (χ0) is 20.3. The van der Waals surface area contributed by atoms with Crippen molar-refractivity contribution >= 4 is 15.7 Å². The third-order valence-electron chi connectivity index (χ3n) is 5.04. The lowest BCUT2D eigenvalue weighted by molar-refractivity contribution is 0.384. The van der Waals surface area contributed by atoms with E-state index >= 15 is 0 Å². The van der Waals surface area contributed by atoms with Crippen LogP contribution in [0.5, 0.6) is 5.88 Å².